The third kappa shape index (κ3) is 1.34. The molecule has 4 heterocycles. The molecule has 1 aliphatic heterocycles. The van der Waals surface area contributed by atoms with E-state index in [0.717, 1.165) is 34.6 Å². The molecule has 0 saturated carbocycles. The number of aryl methyl sites for hydroxylation is 1. The molecule has 4 rings (SSSR count). The Kier molecular flexibility index (Phi) is 2.05. The monoisotopic (exact) mass is 256 g/mol. The summed E-state index contributed by atoms with van der Waals surface area (Å²) in [4.78, 5) is 16.7. The van der Waals surface area contributed by atoms with Gasteiger partial charge in [0, 0.05) is 24.7 Å². The summed E-state index contributed by atoms with van der Waals surface area (Å²) >= 11 is 1.70. The van der Waals surface area contributed by atoms with Crippen LogP contribution in [-0.4, -0.2) is 28.0 Å². The van der Waals surface area contributed by atoms with Gasteiger partial charge in [-0.05, 0) is 25.0 Å². The molecule has 1 saturated heterocycles. The molecule has 0 aromatic carbocycles. The lowest BCUT2D eigenvalue weighted by Crippen LogP contribution is -2.37. The number of nitrogens with zero attached hydrogens (tertiary/aromatic N) is 4. The van der Waals surface area contributed by atoms with Crippen LogP contribution in [0.4, 0.5) is 5.82 Å². The molecule has 1 fully saturated rings. The predicted octanol–water partition coefficient (Wildman–Crippen LogP) is 2.76. The van der Waals surface area contributed by atoms with Gasteiger partial charge in [0.05, 0.1) is 10.2 Å². The molecule has 0 amide bonds. The molecule has 90 valence electrons. The molecule has 0 bridgehead atoms. The zero-order chi connectivity index (χ0) is 12.1. The first-order valence-electron chi connectivity index (χ1n) is 6.08. The van der Waals surface area contributed by atoms with E-state index in [0.29, 0.717) is 0 Å². The second-order valence-electron chi connectivity index (χ2n) is 4.68. The number of pyridine rings is 1. The van der Waals surface area contributed by atoms with E-state index in [9.17, 15) is 0 Å². The fourth-order valence-corrected chi connectivity index (χ4v) is 3.40. The second-order valence-corrected chi connectivity index (χ2v) is 5.68. The Morgan fingerprint density at radius 3 is 2.89 bits per heavy atom. The van der Waals surface area contributed by atoms with Gasteiger partial charge in [-0.2, -0.15) is 0 Å². The Morgan fingerprint density at radius 2 is 2.11 bits per heavy atom. The molecule has 4 nitrogen and oxygen atoms in total. The van der Waals surface area contributed by atoms with Crippen molar-refractivity contribution in [3.05, 3.63) is 24.2 Å². The highest BCUT2D eigenvalue weighted by molar-refractivity contribution is 7.25. The van der Waals surface area contributed by atoms with Crippen LogP contribution in [0.3, 0.4) is 0 Å². The minimum absolute atomic E-state index is 1.04. The van der Waals surface area contributed by atoms with Gasteiger partial charge < -0.3 is 4.90 Å². The molecule has 5 heteroatoms. The number of aromatic nitrogens is 3. The number of fused-ring (bicyclic) bond motifs is 3. The molecule has 3 aromatic rings. The minimum atomic E-state index is 1.04. The van der Waals surface area contributed by atoms with E-state index in [1.807, 2.05) is 6.20 Å². The van der Waals surface area contributed by atoms with Crippen molar-refractivity contribution in [2.45, 2.75) is 13.3 Å². The summed E-state index contributed by atoms with van der Waals surface area (Å²) in [6.07, 6.45) is 4.84. The fraction of sp³-hybridized carbons (Fsp3) is 0.308. The van der Waals surface area contributed by atoms with Gasteiger partial charge in [0.2, 0.25) is 0 Å². The molecular formula is C13H12N4S. The van der Waals surface area contributed by atoms with Crippen LogP contribution in [0.15, 0.2) is 18.6 Å². The third-order valence-electron chi connectivity index (χ3n) is 3.38. The van der Waals surface area contributed by atoms with Crippen LogP contribution in [-0.2, 0) is 0 Å². The van der Waals surface area contributed by atoms with Gasteiger partial charge in [0.1, 0.15) is 17.0 Å². The highest BCUT2D eigenvalue weighted by Crippen LogP contribution is 2.37. The zero-order valence-corrected chi connectivity index (χ0v) is 10.9. The van der Waals surface area contributed by atoms with Crippen LogP contribution in [0.2, 0.25) is 0 Å². The van der Waals surface area contributed by atoms with Crippen LogP contribution in [0, 0.1) is 6.92 Å². The fourth-order valence-electron chi connectivity index (χ4n) is 2.31. The second kappa shape index (κ2) is 3.62. The van der Waals surface area contributed by atoms with Gasteiger partial charge in [-0.1, -0.05) is 0 Å². The minimum Gasteiger partial charge on any atom is -0.355 e. The normalized spacial score (nSPS) is 15.3. The van der Waals surface area contributed by atoms with Crippen LogP contribution in [0.1, 0.15) is 12.0 Å². The summed E-state index contributed by atoms with van der Waals surface area (Å²) in [6.45, 7) is 4.27. The lowest BCUT2D eigenvalue weighted by Gasteiger charge is -2.31. The largest absolute Gasteiger partial charge is 0.355 e. The van der Waals surface area contributed by atoms with Crippen LogP contribution in [0.25, 0.3) is 20.4 Å². The first-order valence-corrected chi connectivity index (χ1v) is 6.89. The molecule has 3 aromatic heterocycles. The molecular weight excluding hydrogens is 244 g/mol. The standard InChI is InChI=1S/C13H12N4S/c1-8-5-9-10-11(18-13(9)14-6-8)12(16-7-15-10)17-3-2-4-17/h5-7H,2-4H2,1H3. The number of hydrogen-bond donors (Lipinski definition) is 0. The quantitative estimate of drug-likeness (QED) is 0.671. The van der Waals surface area contributed by atoms with E-state index in [1.54, 1.807) is 17.7 Å². The maximum atomic E-state index is 4.49. The molecule has 0 aliphatic carbocycles. The van der Waals surface area contributed by atoms with Gasteiger partial charge in [-0.15, -0.1) is 11.3 Å². The molecule has 0 N–H and O–H groups in total. The third-order valence-corrected chi connectivity index (χ3v) is 4.48. The Labute approximate surface area is 108 Å². The SMILES string of the molecule is Cc1cnc2sc3c(N4CCC4)ncnc3c2c1. The van der Waals surface area contributed by atoms with Crippen LogP contribution in [0.5, 0.6) is 0 Å². The molecule has 18 heavy (non-hydrogen) atoms. The summed E-state index contributed by atoms with van der Waals surface area (Å²) in [5.74, 6) is 1.08. The van der Waals surface area contributed by atoms with E-state index >= 15 is 0 Å². The van der Waals surface area contributed by atoms with Gasteiger partial charge in [0.15, 0.2) is 0 Å². The topological polar surface area (TPSA) is 41.9 Å². The Balaban J connectivity index is 2.07. The zero-order valence-electron chi connectivity index (χ0n) is 10.1. The molecule has 0 spiro atoms. The van der Waals surface area contributed by atoms with Crippen molar-refractivity contribution in [2.75, 3.05) is 18.0 Å². The van der Waals surface area contributed by atoms with Crippen molar-refractivity contribution >= 4 is 37.6 Å². The van der Waals surface area contributed by atoms with Crippen LogP contribution >= 0.6 is 11.3 Å². The maximum absolute atomic E-state index is 4.49. The summed E-state index contributed by atoms with van der Waals surface area (Å²) < 4.78 is 1.17. The van der Waals surface area contributed by atoms with Crippen molar-refractivity contribution < 1.29 is 0 Å². The first-order chi connectivity index (χ1) is 8.83. The number of rotatable bonds is 1. The highest BCUT2D eigenvalue weighted by Gasteiger charge is 2.21. The smallest absolute Gasteiger partial charge is 0.150 e. The van der Waals surface area contributed by atoms with E-state index in [4.69, 9.17) is 0 Å². The van der Waals surface area contributed by atoms with Crippen LogP contribution < -0.4 is 4.90 Å². The molecule has 0 unspecified atom stereocenters. The van der Waals surface area contributed by atoms with Gasteiger partial charge >= 0.3 is 0 Å². The van der Waals surface area contributed by atoms with Crippen molar-refractivity contribution in [1.29, 1.82) is 0 Å². The van der Waals surface area contributed by atoms with Crippen molar-refractivity contribution in [3.63, 3.8) is 0 Å². The lowest BCUT2D eigenvalue weighted by molar-refractivity contribution is 0.612. The highest BCUT2D eigenvalue weighted by atomic mass is 32.1. The average Bonchev–Trinajstić information content (AvgIpc) is 2.66. The summed E-state index contributed by atoms with van der Waals surface area (Å²) in [7, 11) is 0. The van der Waals surface area contributed by atoms with Crippen molar-refractivity contribution in [3.8, 4) is 0 Å². The summed E-state index contributed by atoms with van der Waals surface area (Å²) in [5, 5.41) is 1.15. The summed E-state index contributed by atoms with van der Waals surface area (Å²) in [6, 6.07) is 2.16. The molecule has 0 radical (unpaired) electrons. The Bertz CT molecular complexity index is 745. The van der Waals surface area contributed by atoms with Crippen molar-refractivity contribution in [1.82, 2.24) is 15.0 Å². The maximum Gasteiger partial charge on any atom is 0.150 e. The average molecular weight is 256 g/mol. The van der Waals surface area contributed by atoms with E-state index in [-0.39, 0.29) is 0 Å². The molecule has 0 atom stereocenters. The van der Waals surface area contributed by atoms with Gasteiger partial charge in [0.25, 0.3) is 0 Å². The Hall–Kier alpha value is -1.75. The van der Waals surface area contributed by atoms with Gasteiger partial charge in [-0.25, -0.2) is 15.0 Å². The lowest BCUT2D eigenvalue weighted by atomic mass is 10.2. The number of thiophene rings is 1. The first kappa shape index (κ1) is 10.2. The summed E-state index contributed by atoms with van der Waals surface area (Å²) in [5.41, 5.74) is 2.22. The Morgan fingerprint density at radius 1 is 1.22 bits per heavy atom. The molecule has 1 aliphatic rings. The number of anilines is 1. The predicted molar refractivity (Wildman–Crippen MR) is 74.3 cm³/mol. The number of hydrogen-bond acceptors (Lipinski definition) is 5. The van der Waals surface area contributed by atoms with E-state index in [2.05, 4.69) is 32.8 Å². The van der Waals surface area contributed by atoms with Gasteiger partial charge in [-0.3, -0.25) is 0 Å². The van der Waals surface area contributed by atoms with E-state index in [1.165, 1.54) is 16.7 Å². The van der Waals surface area contributed by atoms with Crippen molar-refractivity contribution in [2.24, 2.45) is 0 Å². The van der Waals surface area contributed by atoms with E-state index < -0.39 is 0 Å².